The smallest absolute Gasteiger partial charge is 0.313 e. The molecular formula is C14H22F3N3. The molecule has 20 heavy (non-hydrogen) atoms. The van der Waals surface area contributed by atoms with E-state index in [0.29, 0.717) is 6.54 Å². The van der Waals surface area contributed by atoms with Gasteiger partial charge in [-0.25, -0.2) is 0 Å². The summed E-state index contributed by atoms with van der Waals surface area (Å²) < 4.78 is 36.3. The molecule has 0 saturated carbocycles. The SMILES string of the molecule is CCCNCc1ccc(CN(C)CCC(F)(F)F)nc1. The van der Waals surface area contributed by atoms with Crippen LogP contribution in [0.15, 0.2) is 18.3 Å². The molecule has 0 bridgehead atoms. The van der Waals surface area contributed by atoms with Crippen molar-refractivity contribution in [2.45, 2.75) is 39.0 Å². The molecule has 0 aromatic carbocycles. The predicted molar refractivity (Wildman–Crippen MR) is 73.2 cm³/mol. The fraction of sp³-hybridized carbons (Fsp3) is 0.643. The first-order chi connectivity index (χ1) is 9.40. The van der Waals surface area contributed by atoms with Crippen molar-refractivity contribution in [3.63, 3.8) is 0 Å². The van der Waals surface area contributed by atoms with E-state index in [1.54, 1.807) is 18.1 Å². The molecule has 0 amide bonds. The third-order valence-electron chi connectivity index (χ3n) is 2.85. The van der Waals surface area contributed by atoms with Gasteiger partial charge in [0.1, 0.15) is 0 Å². The molecule has 0 unspecified atom stereocenters. The molecule has 0 spiro atoms. The lowest BCUT2D eigenvalue weighted by molar-refractivity contribution is -0.137. The van der Waals surface area contributed by atoms with Crippen molar-refractivity contribution in [2.75, 3.05) is 20.1 Å². The van der Waals surface area contributed by atoms with Crippen molar-refractivity contribution >= 4 is 0 Å². The first-order valence-electron chi connectivity index (χ1n) is 6.80. The second-order valence-corrected chi connectivity index (χ2v) is 4.94. The molecule has 6 heteroatoms. The van der Waals surface area contributed by atoms with Crippen LogP contribution in [0, 0.1) is 0 Å². The average molecular weight is 289 g/mol. The van der Waals surface area contributed by atoms with Crippen LogP contribution in [0.5, 0.6) is 0 Å². The zero-order chi connectivity index (χ0) is 15.0. The minimum absolute atomic E-state index is 0.00894. The second-order valence-electron chi connectivity index (χ2n) is 4.94. The van der Waals surface area contributed by atoms with E-state index < -0.39 is 12.6 Å². The van der Waals surface area contributed by atoms with E-state index in [1.165, 1.54) is 0 Å². The lowest BCUT2D eigenvalue weighted by Gasteiger charge is -2.17. The van der Waals surface area contributed by atoms with Crippen molar-refractivity contribution in [1.29, 1.82) is 0 Å². The highest BCUT2D eigenvalue weighted by Gasteiger charge is 2.27. The van der Waals surface area contributed by atoms with Gasteiger partial charge in [-0.05, 0) is 31.6 Å². The maximum atomic E-state index is 12.1. The highest BCUT2D eigenvalue weighted by atomic mass is 19.4. The minimum atomic E-state index is -4.10. The van der Waals surface area contributed by atoms with Gasteiger partial charge < -0.3 is 10.2 Å². The maximum absolute atomic E-state index is 12.1. The van der Waals surface area contributed by atoms with E-state index in [2.05, 4.69) is 17.2 Å². The number of halogens is 3. The van der Waals surface area contributed by atoms with E-state index >= 15 is 0 Å². The van der Waals surface area contributed by atoms with E-state index in [9.17, 15) is 13.2 Å². The zero-order valence-corrected chi connectivity index (χ0v) is 12.0. The topological polar surface area (TPSA) is 28.2 Å². The summed E-state index contributed by atoms with van der Waals surface area (Å²) in [5.41, 5.74) is 1.87. The second kappa shape index (κ2) is 8.21. The van der Waals surface area contributed by atoms with Crippen LogP contribution in [0.25, 0.3) is 0 Å². The van der Waals surface area contributed by atoms with E-state index in [0.717, 1.165) is 30.8 Å². The Hall–Kier alpha value is -1.14. The maximum Gasteiger partial charge on any atom is 0.390 e. The van der Waals surface area contributed by atoms with Crippen molar-refractivity contribution < 1.29 is 13.2 Å². The van der Waals surface area contributed by atoms with Gasteiger partial charge >= 0.3 is 6.18 Å². The van der Waals surface area contributed by atoms with Gasteiger partial charge in [0.05, 0.1) is 12.1 Å². The summed E-state index contributed by atoms with van der Waals surface area (Å²) in [5, 5.41) is 3.27. The summed E-state index contributed by atoms with van der Waals surface area (Å²) in [5.74, 6) is 0. The molecule has 114 valence electrons. The normalized spacial score (nSPS) is 12.1. The van der Waals surface area contributed by atoms with Crippen LogP contribution in [0.3, 0.4) is 0 Å². The molecule has 0 aliphatic rings. The highest BCUT2D eigenvalue weighted by Crippen LogP contribution is 2.19. The van der Waals surface area contributed by atoms with E-state index in [-0.39, 0.29) is 6.54 Å². The Bertz CT molecular complexity index is 376. The summed E-state index contributed by atoms with van der Waals surface area (Å²) in [6, 6.07) is 3.83. The van der Waals surface area contributed by atoms with Crippen LogP contribution in [-0.4, -0.2) is 36.2 Å². The lowest BCUT2D eigenvalue weighted by atomic mass is 10.2. The van der Waals surface area contributed by atoms with Gasteiger partial charge in [-0.2, -0.15) is 13.2 Å². The van der Waals surface area contributed by atoms with Gasteiger partial charge in [0.2, 0.25) is 0 Å². The Morgan fingerprint density at radius 2 is 2.05 bits per heavy atom. The highest BCUT2D eigenvalue weighted by molar-refractivity contribution is 5.13. The van der Waals surface area contributed by atoms with Gasteiger partial charge in [0.25, 0.3) is 0 Å². The van der Waals surface area contributed by atoms with Crippen LogP contribution in [0.4, 0.5) is 13.2 Å². The van der Waals surface area contributed by atoms with E-state index in [4.69, 9.17) is 0 Å². The molecule has 0 aliphatic heterocycles. The lowest BCUT2D eigenvalue weighted by Crippen LogP contribution is -2.24. The van der Waals surface area contributed by atoms with Crippen LogP contribution in [-0.2, 0) is 13.1 Å². The van der Waals surface area contributed by atoms with Gasteiger partial charge in [-0.1, -0.05) is 13.0 Å². The number of hydrogen-bond donors (Lipinski definition) is 1. The largest absolute Gasteiger partial charge is 0.390 e. The summed E-state index contributed by atoms with van der Waals surface area (Å²) in [7, 11) is 1.67. The van der Waals surface area contributed by atoms with Crippen molar-refractivity contribution in [2.24, 2.45) is 0 Å². The number of nitrogens with zero attached hydrogens (tertiary/aromatic N) is 2. The number of aromatic nitrogens is 1. The summed E-state index contributed by atoms with van der Waals surface area (Å²) in [4.78, 5) is 5.91. The van der Waals surface area contributed by atoms with Crippen LogP contribution >= 0.6 is 0 Å². The molecule has 0 radical (unpaired) electrons. The molecule has 0 atom stereocenters. The number of alkyl halides is 3. The average Bonchev–Trinajstić information content (AvgIpc) is 2.38. The number of hydrogen-bond acceptors (Lipinski definition) is 3. The van der Waals surface area contributed by atoms with E-state index in [1.807, 2.05) is 12.1 Å². The Kier molecular flexibility index (Phi) is 6.95. The molecule has 1 rings (SSSR count). The van der Waals surface area contributed by atoms with Crippen LogP contribution in [0.1, 0.15) is 31.0 Å². The summed E-state index contributed by atoms with van der Waals surface area (Å²) in [6.45, 7) is 4.25. The molecule has 1 N–H and O–H groups in total. The zero-order valence-electron chi connectivity index (χ0n) is 12.0. The van der Waals surface area contributed by atoms with Gasteiger partial charge in [0.15, 0.2) is 0 Å². The Morgan fingerprint density at radius 1 is 1.30 bits per heavy atom. The minimum Gasteiger partial charge on any atom is -0.313 e. The Morgan fingerprint density at radius 3 is 2.60 bits per heavy atom. The predicted octanol–water partition coefficient (Wildman–Crippen LogP) is 2.97. The number of rotatable bonds is 8. The Labute approximate surface area is 118 Å². The van der Waals surface area contributed by atoms with Crippen molar-refractivity contribution in [3.05, 3.63) is 29.6 Å². The quantitative estimate of drug-likeness (QED) is 0.746. The monoisotopic (exact) mass is 289 g/mol. The molecule has 1 heterocycles. The first-order valence-corrected chi connectivity index (χ1v) is 6.80. The van der Waals surface area contributed by atoms with Gasteiger partial charge in [0, 0.05) is 25.8 Å². The number of nitrogens with one attached hydrogen (secondary N) is 1. The molecule has 1 aromatic rings. The number of pyridine rings is 1. The van der Waals surface area contributed by atoms with Gasteiger partial charge in [-0.15, -0.1) is 0 Å². The molecule has 1 aromatic heterocycles. The van der Waals surface area contributed by atoms with Crippen molar-refractivity contribution in [1.82, 2.24) is 15.2 Å². The van der Waals surface area contributed by atoms with Crippen LogP contribution in [0.2, 0.25) is 0 Å². The molecule has 0 aliphatic carbocycles. The summed E-state index contributed by atoms with van der Waals surface area (Å²) >= 11 is 0. The molecule has 0 saturated heterocycles. The summed E-state index contributed by atoms with van der Waals surface area (Å²) in [6.07, 6.45) is -2.04. The third-order valence-corrected chi connectivity index (χ3v) is 2.85. The molecular weight excluding hydrogens is 267 g/mol. The van der Waals surface area contributed by atoms with Gasteiger partial charge in [-0.3, -0.25) is 4.98 Å². The molecule has 3 nitrogen and oxygen atoms in total. The first kappa shape index (κ1) is 16.9. The fourth-order valence-electron chi connectivity index (χ4n) is 1.74. The van der Waals surface area contributed by atoms with Crippen molar-refractivity contribution in [3.8, 4) is 0 Å². The fourth-order valence-corrected chi connectivity index (χ4v) is 1.74. The van der Waals surface area contributed by atoms with Crippen LogP contribution < -0.4 is 5.32 Å². The molecule has 0 fully saturated rings. The Balaban J connectivity index is 2.36. The third kappa shape index (κ3) is 7.45. The standard InChI is InChI=1S/C14H22F3N3/c1-3-7-18-9-12-4-5-13(19-10-12)11-20(2)8-6-14(15,16)17/h4-5,10,18H,3,6-9,11H2,1-2H3.